The van der Waals surface area contributed by atoms with E-state index in [-0.39, 0.29) is 17.9 Å². The third-order valence-electron chi connectivity index (χ3n) is 4.20. The quantitative estimate of drug-likeness (QED) is 0.508. The minimum atomic E-state index is -0.287. The van der Waals surface area contributed by atoms with Crippen molar-refractivity contribution in [1.82, 2.24) is 15.4 Å². The summed E-state index contributed by atoms with van der Waals surface area (Å²) >= 11 is 1.47. The molecule has 0 bridgehead atoms. The molecule has 0 saturated carbocycles. The van der Waals surface area contributed by atoms with Crippen molar-refractivity contribution in [2.75, 3.05) is 0 Å². The van der Waals surface area contributed by atoms with Gasteiger partial charge in [-0.15, -0.1) is 11.3 Å². The Morgan fingerprint density at radius 1 is 1.50 bits per heavy atom. The number of fused-ring (bicyclic) bond motifs is 1. The van der Waals surface area contributed by atoms with E-state index in [1.807, 2.05) is 13.8 Å². The van der Waals surface area contributed by atoms with Crippen LogP contribution in [0.3, 0.4) is 0 Å². The fraction of sp³-hybridized carbons (Fsp3) is 0.412. The number of H-pyrrole nitrogens is 1. The summed E-state index contributed by atoms with van der Waals surface area (Å²) in [4.78, 5) is 33.0. The number of nitrogens with one attached hydrogen (secondary N) is 2. The monoisotopic (exact) mass is 344 g/mol. The van der Waals surface area contributed by atoms with Crippen LogP contribution in [0.5, 0.6) is 0 Å². The van der Waals surface area contributed by atoms with E-state index in [9.17, 15) is 9.59 Å². The average molecular weight is 344 g/mol. The maximum Gasteiger partial charge on any atom is 0.259 e. The van der Waals surface area contributed by atoms with Crippen LogP contribution >= 0.6 is 11.3 Å². The molecule has 0 spiro atoms. The molecule has 1 aliphatic carbocycles. The van der Waals surface area contributed by atoms with Gasteiger partial charge in [-0.05, 0) is 44.6 Å². The number of carbonyl (C=O) groups excluding carboxylic acids is 1. The number of thiophene rings is 1. The molecule has 0 unspecified atom stereocenters. The highest BCUT2D eigenvalue weighted by atomic mass is 32.1. The summed E-state index contributed by atoms with van der Waals surface area (Å²) in [6, 6.07) is 0. The number of rotatable bonds is 4. The van der Waals surface area contributed by atoms with Gasteiger partial charge in [0, 0.05) is 11.1 Å². The molecule has 2 aromatic rings. The van der Waals surface area contributed by atoms with Gasteiger partial charge < -0.3 is 4.98 Å². The number of aryl methyl sites for hydroxylation is 2. The summed E-state index contributed by atoms with van der Waals surface area (Å²) < 4.78 is 0. The summed E-state index contributed by atoms with van der Waals surface area (Å²) in [6.07, 6.45) is 9.15. The largest absolute Gasteiger partial charge is 0.309 e. The Bertz CT molecular complexity index is 879. The highest BCUT2D eigenvalue weighted by Crippen LogP contribution is 2.25. The highest BCUT2D eigenvalue weighted by Gasteiger charge is 2.13. The number of hydrazone groups is 1. The zero-order valence-electron chi connectivity index (χ0n) is 13.8. The molecule has 6 nitrogen and oxygen atoms in total. The molecule has 0 saturated heterocycles. The number of hydrogen-bond donors (Lipinski definition) is 2. The lowest BCUT2D eigenvalue weighted by Crippen LogP contribution is -2.23. The molecule has 3 rings (SSSR count). The standard InChI is InChI=1S/C17H20N4O2S/c1-10-11(2)24-17-15(10)16(23)19-13(20-17)8-14(22)21-18-9-12-6-4-3-5-7-12/h3-4,9,12H,5-8H2,1-2H3,(H,21,22)(H,19,20,23)/b18-9-/t12-/m0/s1. The first-order valence-corrected chi connectivity index (χ1v) is 8.82. The molecule has 2 aromatic heterocycles. The van der Waals surface area contributed by atoms with Crippen LogP contribution in [0, 0.1) is 19.8 Å². The fourth-order valence-corrected chi connectivity index (χ4v) is 3.79. The molecule has 2 N–H and O–H groups in total. The molecule has 0 aromatic carbocycles. The van der Waals surface area contributed by atoms with Gasteiger partial charge in [0.1, 0.15) is 10.7 Å². The average Bonchev–Trinajstić information content (AvgIpc) is 2.83. The molecule has 1 aliphatic rings. The van der Waals surface area contributed by atoms with Gasteiger partial charge in [0.05, 0.1) is 11.8 Å². The number of carbonyl (C=O) groups is 1. The first-order chi connectivity index (χ1) is 11.5. The van der Waals surface area contributed by atoms with Crippen molar-refractivity contribution in [3.63, 3.8) is 0 Å². The zero-order valence-corrected chi connectivity index (χ0v) is 14.6. The number of aromatic amines is 1. The Kier molecular flexibility index (Phi) is 4.89. The van der Waals surface area contributed by atoms with Gasteiger partial charge in [-0.1, -0.05) is 12.2 Å². The molecule has 0 fully saturated rings. The third kappa shape index (κ3) is 3.62. The summed E-state index contributed by atoms with van der Waals surface area (Å²) in [5.41, 5.74) is 3.27. The molecule has 1 amide bonds. The van der Waals surface area contributed by atoms with Gasteiger partial charge >= 0.3 is 0 Å². The fourth-order valence-electron chi connectivity index (χ4n) is 2.74. The molecule has 7 heteroatoms. The maximum atomic E-state index is 12.2. The smallest absolute Gasteiger partial charge is 0.259 e. The Morgan fingerprint density at radius 2 is 2.33 bits per heavy atom. The van der Waals surface area contributed by atoms with Gasteiger partial charge in [-0.25, -0.2) is 10.4 Å². The Balaban J connectivity index is 1.66. The van der Waals surface area contributed by atoms with Crippen molar-refractivity contribution < 1.29 is 4.79 Å². The summed E-state index contributed by atoms with van der Waals surface area (Å²) in [5.74, 6) is 0.453. The second kappa shape index (κ2) is 7.09. The lowest BCUT2D eigenvalue weighted by molar-refractivity contribution is -0.120. The van der Waals surface area contributed by atoms with Gasteiger partial charge in [-0.2, -0.15) is 5.10 Å². The number of amides is 1. The summed E-state index contributed by atoms with van der Waals surface area (Å²) in [5, 5.41) is 4.63. The van der Waals surface area contributed by atoms with E-state index < -0.39 is 0 Å². The molecule has 0 radical (unpaired) electrons. The van der Waals surface area contributed by atoms with Crippen LogP contribution < -0.4 is 11.0 Å². The van der Waals surface area contributed by atoms with Crippen molar-refractivity contribution in [2.24, 2.45) is 11.0 Å². The third-order valence-corrected chi connectivity index (χ3v) is 5.30. The minimum absolute atomic E-state index is 0.00306. The van der Waals surface area contributed by atoms with Crippen LogP contribution in [-0.4, -0.2) is 22.1 Å². The summed E-state index contributed by atoms with van der Waals surface area (Å²) in [6.45, 7) is 3.87. The number of hydrogen-bond acceptors (Lipinski definition) is 5. The number of allylic oxidation sites excluding steroid dienone is 2. The normalized spacial score (nSPS) is 17.7. The van der Waals surface area contributed by atoms with Crippen LogP contribution in [0.4, 0.5) is 0 Å². The Labute approximate surface area is 143 Å². The van der Waals surface area contributed by atoms with E-state index in [1.165, 1.54) is 11.3 Å². The first-order valence-electron chi connectivity index (χ1n) is 8.00. The van der Waals surface area contributed by atoms with Crippen LogP contribution in [0.2, 0.25) is 0 Å². The SMILES string of the molecule is Cc1sc2nc(CC(=O)N/N=C\[C@H]3CC=CCC3)[nH]c(=O)c2c1C. The van der Waals surface area contributed by atoms with Crippen molar-refractivity contribution in [3.8, 4) is 0 Å². The van der Waals surface area contributed by atoms with E-state index in [4.69, 9.17) is 0 Å². The van der Waals surface area contributed by atoms with Crippen LogP contribution in [0.1, 0.15) is 35.5 Å². The van der Waals surface area contributed by atoms with E-state index in [0.29, 0.717) is 22.0 Å². The van der Waals surface area contributed by atoms with Gasteiger partial charge in [0.15, 0.2) is 0 Å². The van der Waals surface area contributed by atoms with Crippen molar-refractivity contribution >= 4 is 33.7 Å². The maximum absolute atomic E-state index is 12.2. The second-order valence-corrected chi connectivity index (χ2v) is 7.21. The highest BCUT2D eigenvalue weighted by molar-refractivity contribution is 7.18. The topological polar surface area (TPSA) is 87.2 Å². The molecule has 2 heterocycles. The van der Waals surface area contributed by atoms with Gasteiger partial charge in [0.25, 0.3) is 5.56 Å². The molecule has 0 aliphatic heterocycles. The molecule has 24 heavy (non-hydrogen) atoms. The summed E-state index contributed by atoms with van der Waals surface area (Å²) in [7, 11) is 0. The van der Waals surface area contributed by atoms with Crippen molar-refractivity contribution in [3.05, 3.63) is 38.8 Å². The number of aromatic nitrogens is 2. The van der Waals surface area contributed by atoms with Gasteiger partial charge in [-0.3, -0.25) is 9.59 Å². The first kappa shape index (κ1) is 16.6. The van der Waals surface area contributed by atoms with E-state index in [0.717, 1.165) is 29.7 Å². The molecular weight excluding hydrogens is 324 g/mol. The predicted octanol–water partition coefficient (Wildman–Crippen LogP) is 2.60. The zero-order chi connectivity index (χ0) is 17.1. The van der Waals surface area contributed by atoms with Gasteiger partial charge in [0.2, 0.25) is 5.91 Å². The lowest BCUT2D eigenvalue weighted by Gasteiger charge is -2.11. The minimum Gasteiger partial charge on any atom is -0.309 e. The van der Waals surface area contributed by atoms with E-state index in [1.54, 1.807) is 6.21 Å². The van der Waals surface area contributed by atoms with Crippen LogP contribution in [0.15, 0.2) is 22.0 Å². The van der Waals surface area contributed by atoms with Crippen LogP contribution in [-0.2, 0) is 11.2 Å². The molecule has 1 atom stereocenters. The van der Waals surface area contributed by atoms with E-state index >= 15 is 0 Å². The lowest BCUT2D eigenvalue weighted by atomic mass is 9.96. The van der Waals surface area contributed by atoms with Crippen LogP contribution in [0.25, 0.3) is 10.2 Å². The Morgan fingerprint density at radius 3 is 3.08 bits per heavy atom. The van der Waals surface area contributed by atoms with Crippen molar-refractivity contribution in [2.45, 2.75) is 39.5 Å². The van der Waals surface area contributed by atoms with E-state index in [2.05, 4.69) is 32.6 Å². The second-order valence-electron chi connectivity index (χ2n) is 6.01. The molecular formula is C17H20N4O2S. The molecule has 126 valence electrons. The Hall–Kier alpha value is -2.28. The predicted molar refractivity (Wildman–Crippen MR) is 96.5 cm³/mol. The number of nitrogens with zero attached hydrogens (tertiary/aromatic N) is 2. The van der Waals surface area contributed by atoms with Crippen molar-refractivity contribution in [1.29, 1.82) is 0 Å².